The quantitative estimate of drug-likeness (QED) is 0.712. The SMILES string of the molecule is C=Cc1ccc2cncc(N)c2n1. The molecule has 0 fully saturated rings. The first-order chi connectivity index (χ1) is 6.31. The van der Waals surface area contributed by atoms with Gasteiger partial charge < -0.3 is 5.73 Å². The monoisotopic (exact) mass is 171 g/mol. The summed E-state index contributed by atoms with van der Waals surface area (Å²) in [5.74, 6) is 0. The van der Waals surface area contributed by atoms with Crippen LogP contribution in [0.2, 0.25) is 0 Å². The molecule has 0 aromatic carbocycles. The molecule has 0 aliphatic heterocycles. The molecule has 0 radical (unpaired) electrons. The van der Waals surface area contributed by atoms with Crippen LogP contribution in [0.25, 0.3) is 17.0 Å². The van der Waals surface area contributed by atoms with Crippen LogP contribution in [0.3, 0.4) is 0 Å². The molecular formula is C10H9N3. The number of fused-ring (bicyclic) bond motifs is 1. The third-order valence-electron chi connectivity index (χ3n) is 1.86. The highest BCUT2D eigenvalue weighted by molar-refractivity contribution is 5.88. The van der Waals surface area contributed by atoms with Gasteiger partial charge in [-0.2, -0.15) is 0 Å². The second-order valence-electron chi connectivity index (χ2n) is 2.74. The molecule has 2 N–H and O–H groups in total. The Morgan fingerprint density at radius 3 is 2.92 bits per heavy atom. The van der Waals surface area contributed by atoms with Gasteiger partial charge in [-0.3, -0.25) is 4.98 Å². The summed E-state index contributed by atoms with van der Waals surface area (Å²) in [6.45, 7) is 3.65. The molecule has 3 nitrogen and oxygen atoms in total. The van der Waals surface area contributed by atoms with Gasteiger partial charge in [-0.1, -0.05) is 6.58 Å². The van der Waals surface area contributed by atoms with Crippen LogP contribution in [0, 0.1) is 0 Å². The number of hydrogen-bond donors (Lipinski definition) is 1. The molecule has 0 saturated heterocycles. The summed E-state index contributed by atoms with van der Waals surface area (Å²) in [4.78, 5) is 8.29. The topological polar surface area (TPSA) is 51.8 Å². The van der Waals surface area contributed by atoms with Gasteiger partial charge in [0.15, 0.2) is 0 Å². The lowest BCUT2D eigenvalue weighted by molar-refractivity contribution is 1.31. The Kier molecular flexibility index (Phi) is 1.70. The molecular weight excluding hydrogens is 162 g/mol. The molecule has 2 rings (SSSR count). The van der Waals surface area contributed by atoms with Crippen LogP contribution in [-0.4, -0.2) is 9.97 Å². The molecule has 2 heterocycles. The zero-order valence-electron chi connectivity index (χ0n) is 7.07. The van der Waals surface area contributed by atoms with E-state index in [-0.39, 0.29) is 0 Å². The fourth-order valence-corrected chi connectivity index (χ4v) is 1.19. The van der Waals surface area contributed by atoms with Gasteiger partial charge in [-0.25, -0.2) is 4.98 Å². The molecule has 0 amide bonds. The van der Waals surface area contributed by atoms with Crippen LogP contribution in [0.15, 0.2) is 31.1 Å². The Morgan fingerprint density at radius 2 is 2.15 bits per heavy atom. The van der Waals surface area contributed by atoms with Crippen molar-refractivity contribution in [3.05, 3.63) is 36.8 Å². The van der Waals surface area contributed by atoms with Crippen molar-refractivity contribution >= 4 is 22.7 Å². The average Bonchev–Trinajstić information content (AvgIpc) is 2.18. The summed E-state index contributed by atoms with van der Waals surface area (Å²) in [6.07, 6.45) is 5.03. The predicted octanol–water partition coefficient (Wildman–Crippen LogP) is 1.85. The Bertz CT molecular complexity index is 463. The summed E-state index contributed by atoms with van der Waals surface area (Å²) in [5, 5.41) is 0.950. The molecule has 2 aromatic rings. The Morgan fingerprint density at radius 1 is 1.31 bits per heavy atom. The summed E-state index contributed by atoms with van der Waals surface area (Å²) in [6, 6.07) is 3.82. The molecule has 0 saturated carbocycles. The maximum absolute atomic E-state index is 5.72. The van der Waals surface area contributed by atoms with E-state index < -0.39 is 0 Å². The first kappa shape index (κ1) is 7.73. The van der Waals surface area contributed by atoms with Gasteiger partial charge in [-0.05, 0) is 18.2 Å². The molecule has 13 heavy (non-hydrogen) atoms. The van der Waals surface area contributed by atoms with E-state index in [0.717, 1.165) is 16.6 Å². The van der Waals surface area contributed by atoms with E-state index in [1.54, 1.807) is 18.5 Å². The molecule has 0 unspecified atom stereocenters. The highest BCUT2D eigenvalue weighted by Gasteiger charge is 1.99. The first-order valence-electron chi connectivity index (χ1n) is 3.94. The number of rotatable bonds is 1. The lowest BCUT2D eigenvalue weighted by Gasteiger charge is -2.00. The van der Waals surface area contributed by atoms with Crippen LogP contribution in [0.4, 0.5) is 5.69 Å². The molecule has 64 valence electrons. The highest BCUT2D eigenvalue weighted by atomic mass is 14.8. The van der Waals surface area contributed by atoms with Gasteiger partial charge in [0.25, 0.3) is 0 Å². The Hall–Kier alpha value is -1.90. The molecule has 0 bridgehead atoms. The maximum atomic E-state index is 5.72. The fraction of sp³-hybridized carbons (Fsp3) is 0. The lowest BCUT2D eigenvalue weighted by Crippen LogP contribution is -1.92. The Labute approximate surface area is 75.9 Å². The van der Waals surface area contributed by atoms with Crippen molar-refractivity contribution in [3.8, 4) is 0 Å². The van der Waals surface area contributed by atoms with E-state index >= 15 is 0 Å². The van der Waals surface area contributed by atoms with E-state index in [4.69, 9.17) is 5.73 Å². The van der Waals surface area contributed by atoms with E-state index in [9.17, 15) is 0 Å². The van der Waals surface area contributed by atoms with Gasteiger partial charge in [0.05, 0.1) is 23.1 Å². The van der Waals surface area contributed by atoms with Crippen molar-refractivity contribution in [1.29, 1.82) is 0 Å². The van der Waals surface area contributed by atoms with E-state index in [1.165, 1.54) is 0 Å². The second-order valence-corrected chi connectivity index (χ2v) is 2.74. The number of nitrogens with two attached hydrogens (primary N) is 1. The minimum Gasteiger partial charge on any atom is -0.396 e. The van der Waals surface area contributed by atoms with Crippen LogP contribution in [-0.2, 0) is 0 Å². The van der Waals surface area contributed by atoms with Crippen LogP contribution >= 0.6 is 0 Å². The summed E-state index contributed by atoms with van der Waals surface area (Å²) in [5.41, 5.74) is 7.93. The number of hydrogen-bond acceptors (Lipinski definition) is 3. The minimum absolute atomic E-state index is 0.598. The largest absolute Gasteiger partial charge is 0.396 e. The van der Waals surface area contributed by atoms with Gasteiger partial charge in [-0.15, -0.1) is 0 Å². The minimum atomic E-state index is 0.598. The number of aromatic nitrogens is 2. The number of anilines is 1. The van der Waals surface area contributed by atoms with Crippen molar-refractivity contribution in [2.75, 3.05) is 5.73 Å². The first-order valence-corrected chi connectivity index (χ1v) is 3.94. The molecule has 0 spiro atoms. The average molecular weight is 171 g/mol. The van der Waals surface area contributed by atoms with Crippen LogP contribution < -0.4 is 5.73 Å². The van der Waals surface area contributed by atoms with Crippen molar-refractivity contribution in [2.24, 2.45) is 0 Å². The van der Waals surface area contributed by atoms with Gasteiger partial charge in [0, 0.05) is 11.6 Å². The summed E-state index contributed by atoms with van der Waals surface area (Å²) >= 11 is 0. The number of nitrogens with zero attached hydrogens (tertiary/aromatic N) is 2. The van der Waals surface area contributed by atoms with E-state index in [0.29, 0.717) is 5.69 Å². The number of pyridine rings is 2. The highest BCUT2D eigenvalue weighted by Crippen LogP contribution is 2.17. The molecule has 2 aromatic heterocycles. The molecule has 3 heteroatoms. The van der Waals surface area contributed by atoms with Gasteiger partial charge in [0.1, 0.15) is 0 Å². The standard InChI is InChI=1S/C10H9N3/c1-2-8-4-3-7-5-12-6-9(11)10(7)13-8/h2-6H,1,11H2. The third kappa shape index (κ3) is 1.24. The van der Waals surface area contributed by atoms with Crippen LogP contribution in [0.1, 0.15) is 5.69 Å². The third-order valence-corrected chi connectivity index (χ3v) is 1.86. The maximum Gasteiger partial charge on any atom is 0.0969 e. The normalized spacial score (nSPS) is 10.2. The zero-order chi connectivity index (χ0) is 9.26. The van der Waals surface area contributed by atoms with Gasteiger partial charge in [0.2, 0.25) is 0 Å². The zero-order valence-corrected chi connectivity index (χ0v) is 7.07. The number of nitrogen functional groups attached to an aromatic ring is 1. The summed E-state index contributed by atoms with van der Waals surface area (Å²) < 4.78 is 0. The summed E-state index contributed by atoms with van der Waals surface area (Å²) in [7, 11) is 0. The second kappa shape index (κ2) is 2.86. The van der Waals surface area contributed by atoms with Crippen molar-refractivity contribution in [1.82, 2.24) is 9.97 Å². The smallest absolute Gasteiger partial charge is 0.0969 e. The van der Waals surface area contributed by atoms with E-state index in [2.05, 4.69) is 16.5 Å². The van der Waals surface area contributed by atoms with Crippen LogP contribution in [0.5, 0.6) is 0 Å². The molecule has 0 aliphatic carbocycles. The van der Waals surface area contributed by atoms with Gasteiger partial charge >= 0.3 is 0 Å². The lowest BCUT2D eigenvalue weighted by atomic mass is 10.2. The molecule has 0 aliphatic rings. The van der Waals surface area contributed by atoms with Crippen molar-refractivity contribution in [2.45, 2.75) is 0 Å². The van der Waals surface area contributed by atoms with Crippen molar-refractivity contribution in [3.63, 3.8) is 0 Å². The predicted molar refractivity (Wildman–Crippen MR) is 54.0 cm³/mol. The fourth-order valence-electron chi connectivity index (χ4n) is 1.19. The molecule has 0 atom stereocenters. The van der Waals surface area contributed by atoms with Crippen molar-refractivity contribution < 1.29 is 0 Å². The van der Waals surface area contributed by atoms with E-state index in [1.807, 2.05) is 12.1 Å². The Balaban J connectivity index is 2.81.